The SMILES string of the molecule is Cc1nccnc1N1CCCC1Cn1nc(C(C)(C)C)ccc1=O. The monoisotopic (exact) mass is 327 g/mol. The average molecular weight is 327 g/mol. The molecule has 2 aromatic rings. The van der Waals surface area contributed by atoms with Crippen LogP contribution in [0.1, 0.15) is 45.0 Å². The standard InChI is InChI=1S/C18H25N5O/c1-13-17(20-10-9-19-13)22-11-5-6-14(22)12-23-16(24)8-7-15(21-23)18(2,3)4/h7-10,14H,5-6,11-12H2,1-4H3. The third kappa shape index (κ3) is 3.32. The molecule has 24 heavy (non-hydrogen) atoms. The fourth-order valence-electron chi connectivity index (χ4n) is 3.17. The number of hydrogen-bond donors (Lipinski definition) is 0. The van der Waals surface area contributed by atoms with Crippen LogP contribution in [0.5, 0.6) is 0 Å². The van der Waals surface area contributed by atoms with Crippen molar-refractivity contribution in [3.63, 3.8) is 0 Å². The lowest BCUT2D eigenvalue weighted by Gasteiger charge is -2.27. The van der Waals surface area contributed by atoms with Gasteiger partial charge in [-0.1, -0.05) is 20.8 Å². The molecule has 1 aliphatic rings. The van der Waals surface area contributed by atoms with Gasteiger partial charge in [0.15, 0.2) is 0 Å². The summed E-state index contributed by atoms with van der Waals surface area (Å²) in [6.45, 7) is 9.82. The van der Waals surface area contributed by atoms with Gasteiger partial charge in [0, 0.05) is 30.4 Å². The zero-order chi connectivity index (χ0) is 17.3. The first-order valence-corrected chi connectivity index (χ1v) is 8.49. The van der Waals surface area contributed by atoms with Crippen molar-refractivity contribution in [2.45, 2.75) is 58.5 Å². The summed E-state index contributed by atoms with van der Waals surface area (Å²) in [6.07, 6.45) is 5.56. The van der Waals surface area contributed by atoms with E-state index >= 15 is 0 Å². The van der Waals surface area contributed by atoms with E-state index < -0.39 is 0 Å². The molecule has 1 atom stereocenters. The maximum absolute atomic E-state index is 12.3. The van der Waals surface area contributed by atoms with Crippen LogP contribution in [0.15, 0.2) is 29.3 Å². The van der Waals surface area contributed by atoms with Gasteiger partial charge in [-0.3, -0.25) is 9.78 Å². The van der Waals surface area contributed by atoms with Crippen molar-refractivity contribution < 1.29 is 0 Å². The van der Waals surface area contributed by atoms with Crippen molar-refractivity contribution in [3.05, 3.63) is 46.3 Å². The van der Waals surface area contributed by atoms with E-state index in [1.54, 1.807) is 23.1 Å². The minimum atomic E-state index is -0.0771. The molecule has 0 spiro atoms. The molecule has 0 aromatic carbocycles. The Kier molecular flexibility index (Phi) is 4.39. The van der Waals surface area contributed by atoms with Gasteiger partial charge in [-0.15, -0.1) is 0 Å². The van der Waals surface area contributed by atoms with E-state index in [0.29, 0.717) is 6.54 Å². The first-order valence-electron chi connectivity index (χ1n) is 8.49. The Hall–Kier alpha value is -2.24. The molecule has 1 fully saturated rings. The third-order valence-electron chi connectivity index (χ3n) is 4.52. The summed E-state index contributed by atoms with van der Waals surface area (Å²) in [5, 5.41) is 4.60. The van der Waals surface area contributed by atoms with Crippen molar-refractivity contribution in [3.8, 4) is 0 Å². The van der Waals surface area contributed by atoms with Gasteiger partial charge < -0.3 is 4.90 Å². The summed E-state index contributed by atoms with van der Waals surface area (Å²) < 4.78 is 1.61. The number of aromatic nitrogens is 4. The summed E-state index contributed by atoms with van der Waals surface area (Å²) in [4.78, 5) is 23.3. The largest absolute Gasteiger partial charge is 0.350 e. The molecule has 1 aliphatic heterocycles. The van der Waals surface area contributed by atoms with Crippen molar-refractivity contribution in [1.29, 1.82) is 0 Å². The Bertz CT molecular complexity index is 777. The van der Waals surface area contributed by atoms with E-state index in [9.17, 15) is 4.79 Å². The second-order valence-corrected chi connectivity index (χ2v) is 7.44. The van der Waals surface area contributed by atoms with Crippen LogP contribution < -0.4 is 10.5 Å². The van der Waals surface area contributed by atoms with Crippen molar-refractivity contribution in [1.82, 2.24) is 19.7 Å². The second kappa shape index (κ2) is 6.34. The van der Waals surface area contributed by atoms with Gasteiger partial charge >= 0.3 is 0 Å². The van der Waals surface area contributed by atoms with Gasteiger partial charge in [0.25, 0.3) is 5.56 Å². The van der Waals surface area contributed by atoms with E-state index in [0.717, 1.165) is 36.6 Å². The predicted molar refractivity (Wildman–Crippen MR) is 94.3 cm³/mol. The van der Waals surface area contributed by atoms with Gasteiger partial charge in [-0.25, -0.2) is 9.67 Å². The van der Waals surface area contributed by atoms with Crippen LogP contribution in [0.25, 0.3) is 0 Å². The first kappa shape index (κ1) is 16.6. The van der Waals surface area contributed by atoms with Crippen LogP contribution in [0.2, 0.25) is 0 Å². The Morgan fingerprint density at radius 3 is 2.67 bits per heavy atom. The van der Waals surface area contributed by atoms with Crippen LogP contribution in [0.3, 0.4) is 0 Å². The van der Waals surface area contributed by atoms with Crippen molar-refractivity contribution in [2.24, 2.45) is 0 Å². The second-order valence-electron chi connectivity index (χ2n) is 7.44. The van der Waals surface area contributed by atoms with Gasteiger partial charge in [0.05, 0.1) is 24.0 Å². The lowest BCUT2D eigenvalue weighted by molar-refractivity contribution is 0.456. The Morgan fingerprint density at radius 2 is 1.96 bits per heavy atom. The zero-order valence-electron chi connectivity index (χ0n) is 14.9. The highest BCUT2D eigenvalue weighted by atomic mass is 16.1. The molecule has 1 unspecified atom stereocenters. The molecule has 0 saturated carbocycles. The molecule has 3 heterocycles. The minimum Gasteiger partial charge on any atom is -0.350 e. The number of anilines is 1. The van der Waals surface area contributed by atoms with Gasteiger partial charge in [-0.05, 0) is 25.8 Å². The maximum atomic E-state index is 12.3. The number of nitrogens with zero attached hydrogens (tertiary/aromatic N) is 5. The highest BCUT2D eigenvalue weighted by molar-refractivity contribution is 5.44. The van der Waals surface area contributed by atoms with E-state index in [4.69, 9.17) is 0 Å². The maximum Gasteiger partial charge on any atom is 0.266 e. The summed E-state index contributed by atoms with van der Waals surface area (Å²) in [7, 11) is 0. The molecular formula is C18H25N5O. The topological polar surface area (TPSA) is 63.9 Å². The van der Waals surface area contributed by atoms with Crippen molar-refractivity contribution >= 4 is 5.82 Å². The Labute approximate surface area is 142 Å². The quantitative estimate of drug-likeness (QED) is 0.865. The summed E-state index contributed by atoms with van der Waals surface area (Å²) >= 11 is 0. The molecule has 0 aliphatic carbocycles. The number of aryl methyl sites for hydroxylation is 1. The van der Waals surface area contributed by atoms with Gasteiger partial charge in [-0.2, -0.15) is 5.10 Å². The highest BCUT2D eigenvalue weighted by Gasteiger charge is 2.28. The average Bonchev–Trinajstić information content (AvgIpc) is 2.97. The molecule has 2 aromatic heterocycles. The normalized spacial score (nSPS) is 18.2. The van der Waals surface area contributed by atoms with E-state index in [2.05, 4.69) is 40.7 Å². The van der Waals surface area contributed by atoms with Crippen LogP contribution in [-0.2, 0) is 12.0 Å². The predicted octanol–water partition coefficient (Wildman–Crippen LogP) is 2.31. The lowest BCUT2D eigenvalue weighted by Crippen LogP contribution is -2.38. The molecule has 0 bridgehead atoms. The van der Waals surface area contributed by atoms with Crippen molar-refractivity contribution in [2.75, 3.05) is 11.4 Å². The molecule has 6 heteroatoms. The molecule has 3 rings (SSSR count). The third-order valence-corrected chi connectivity index (χ3v) is 4.52. The fourth-order valence-corrected chi connectivity index (χ4v) is 3.17. The van der Waals surface area contributed by atoms with Gasteiger partial charge in [0.2, 0.25) is 0 Å². The molecule has 1 saturated heterocycles. The van der Waals surface area contributed by atoms with E-state index in [-0.39, 0.29) is 17.0 Å². The molecule has 128 valence electrons. The first-order chi connectivity index (χ1) is 11.4. The van der Waals surface area contributed by atoms with Gasteiger partial charge in [0.1, 0.15) is 5.82 Å². The molecule has 0 N–H and O–H groups in total. The molecule has 0 radical (unpaired) electrons. The number of hydrogen-bond acceptors (Lipinski definition) is 5. The Balaban J connectivity index is 1.88. The summed E-state index contributed by atoms with van der Waals surface area (Å²) in [6, 6.07) is 3.68. The van der Waals surface area contributed by atoms with Crippen LogP contribution in [0.4, 0.5) is 5.82 Å². The van der Waals surface area contributed by atoms with E-state index in [1.807, 2.05) is 13.0 Å². The van der Waals surface area contributed by atoms with E-state index in [1.165, 1.54) is 0 Å². The summed E-state index contributed by atoms with van der Waals surface area (Å²) in [5.41, 5.74) is 1.73. The highest BCUT2D eigenvalue weighted by Crippen LogP contribution is 2.26. The van der Waals surface area contributed by atoms with Crippen LogP contribution in [0, 0.1) is 6.92 Å². The van der Waals surface area contributed by atoms with Crippen LogP contribution in [-0.4, -0.2) is 32.3 Å². The molecular weight excluding hydrogens is 302 g/mol. The summed E-state index contributed by atoms with van der Waals surface area (Å²) in [5.74, 6) is 0.917. The smallest absolute Gasteiger partial charge is 0.266 e. The molecule has 6 nitrogen and oxygen atoms in total. The lowest BCUT2D eigenvalue weighted by atomic mass is 9.92. The number of rotatable bonds is 3. The van der Waals surface area contributed by atoms with Crippen LogP contribution >= 0.6 is 0 Å². The zero-order valence-corrected chi connectivity index (χ0v) is 14.9. The Morgan fingerprint density at radius 1 is 1.21 bits per heavy atom. The minimum absolute atomic E-state index is 0.0503. The molecule has 0 amide bonds. The fraction of sp³-hybridized carbons (Fsp3) is 0.556.